The van der Waals surface area contributed by atoms with Crippen LogP contribution in [0.5, 0.6) is 5.75 Å². The number of nitrogens with zero attached hydrogens (tertiary/aromatic N) is 4. The van der Waals surface area contributed by atoms with E-state index in [1.165, 1.54) is 27.2 Å². The van der Waals surface area contributed by atoms with E-state index in [2.05, 4.69) is 22.2 Å². The molecule has 304 valence electrons. The number of cyclic esters (lactones) is 1. The molecule has 0 aliphatic carbocycles. The van der Waals surface area contributed by atoms with Crippen LogP contribution in [0, 0.1) is 0 Å². The molecule has 0 unspecified atom stereocenters. The number of fused-ring (bicyclic) bond motifs is 5. The van der Waals surface area contributed by atoms with Crippen molar-refractivity contribution in [2.24, 2.45) is 0 Å². The highest BCUT2D eigenvalue weighted by molar-refractivity contribution is 8.76. The Bertz CT molecular complexity index is 2170. The lowest BCUT2D eigenvalue weighted by atomic mass is 9.85. The molecule has 7 rings (SSSR count). The number of pyridine rings is 2. The van der Waals surface area contributed by atoms with Gasteiger partial charge in [-0.1, -0.05) is 61.4 Å². The van der Waals surface area contributed by atoms with Gasteiger partial charge in [-0.15, -0.1) is 0 Å². The van der Waals surface area contributed by atoms with Crippen LogP contribution in [0.15, 0.2) is 53.3 Å². The quantitative estimate of drug-likeness (QED) is 0.0802. The average molecular weight is 818 g/mol. The third-order valence-corrected chi connectivity index (χ3v) is 12.9. The van der Waals surface area contributed by atoms with E-state index in [1.54, 1.807) is 35.8 Å². The minimum atomic E-state index is -1.87. The molecule has 1 fully saturated rings. The Morgan fingerprint density at radius 1 is 0.982 bits per heavy atom. The molecule has 1 atom stereocenters. The Hall–Kier alpha value is -4.57. The Kier molecular flexibility index (Phi) is 13.9. The van der Waals surface area contributed by atoms with Gasteiger partial charge in [-0.05, 0) is 67.4 Å². The molecular weight excluding hydrogens is 767 g/mol. The molecule has 2 aromatic heterocycles. The first-order valence-corrected chi connectivity index (χ1v) is 22.1. The Balaban J connectivity index is 0.00000270. The van der Waals surface area contributed by atoms with Crippen LogP contribution in [0.3, 0.4) is 0 Å². The van der Waals surface area contributed by atoms with Gasteiger partial charge in [0.25, 0.3) is 11.5 Å². The number of phenolic OH excluding ortho intramolecular Hbond substituents is 1. The molecule has 1 amide bonds. The van der Waals surface area contributed by atoms with Crippen LogP contribution >= 0.6 is 21.6 Å². The van der Waals surface area contributed by atoms with Gasteiger partial charge in [-0.2, -0.15) is 0 Å². The third-order valence-electron chi connectivity index (χ3n) is 10.5. The highest BCUT2D eigenvalue weighted by atomic mass is 33.1. The third kappa shape index (κ3) is 8.96. The molecule has 5 heterocycles. The summed E-state index contributed by atoms with van der Waals surface area (Å²) in [6, 6.07) is 14.5. The summed E-state index contributed by atoms with van der Waals surface area (Å²) in [6.07, 6.45) is -0.369. The van der Waals surface area contributed by atoms with Crippen molar-refractivity contribution in [2.75, 3.05) is 57.9 Å². The van der Waals surface area contributed by atoms with E-state index >= 15 is 0 Å². The fourth-order valence-electron chi connectivity index (χ4n) is 7.49. The first-order valence-electron chi connectivity index (χ1n) is 19.6. The largest absolute Gasteiger partial charge is 0.509 e. The molecule has 57 heavy (non-hydrogen) atoms. The van der Waals surface area contributed by atoms with Crippen molar-refractivity contribution in [3.05, 3.63) is 92.3 Å². The lowest BCUT2D eigenvalue weighted by Crippen LogP contribution is -2.47. The fourth-order valence-corrected chi connectivity index (χ4v) is 9.23. The van der Waals surface area contributed by atoms with Gasteiger partial charge in [-0.25, -0.2) is 14.6 Å². The zero-order valence-electron chi connectivity index (χ0n) is 33.2. The number of nitrogens with one attached hydrogen (secondary N) is 1. The molecule has 13 nitrogen and oxygen atoms in total. The smallest absolute Gasteiger partial charge is 0.508 e. The molecule has 0 spiro atoms. The van der Waals surface area contributed by atoms with Crippen LogP contribution < -0.4 is 10.9 Å². The van der Waals surface area contributed by atoms with Crippen molar-refractivity contribution >= 4 is 50.5 Å². The number of aryl methyl sites for hydroxylation is 1. The predicted octanol–water partition coefficient (Wildman–Crippen LogP) is 6.09. The number of rotatable bonds is 13. The summed E-state index contributed by atoms with van der Waals surface area (Å²) in [7, 11) is 5.16. The molecule has 2 N–H and O–H groups in total. The number of carbonyl (C=O) groups is 3. The number of esters is 1. The second kappa shape index (κ2) is 18.8. The summed E-state index contributed by atoms with van der Waals surface area (Å²) in [5, 5.41) is 13.9. The summed E-state index contributed by atoms with van der Waals surface area (Å²) in [5.41, 5.74) is 3.76. The normalized spacial score (nSPS) is 17.5. The molecule has 0 bridgehead atoms. The summed E-state index contributed by atoms with van der Waals surface area (Å²) < 4.78 is 18.2. The SMILES string of the molecule is CC.CCc1c2c(nc3ccc(O)cc13)-c1cc3c(c(=O)n1C2)COC(=O)[C@@]3(CC)OC(=O)OCCSSCCNC(=O)c1ccc(CN2CCN(C)CC2)cc1. The van der Waals surface area contributed by atoms with E-state index in [0.717, 1.165) is 49.2 Å². The standard InChI is InChI=1S/C40H45N5O8S2.C2H6/c1-4-28-29-20-27(46)10-11-33(29)42-35-30(28)23-45-34(35)21-32-31(37(45)48)24-52-38(49)40(32,5-2)53-39(50)51-17-19-55-54-18-12-41-36(47)26-8-6-25(7-9-26)22-44-15-13-43(3)14-16-44;1-2/h6-11,20-21,46H,4-5,12-19,22-24H2,1-3H3,(H,41,47);1-2H3/t40-;/m0./s1. The van der Waals surface area contributed by atoms with Gasteiger partial charge in [0.15, 0.2) is 0 Å². The Labute approximate surface area is 340 Å². The first-order chi connectivity index (χ1) is 27.6. The molecule has 2 aromatic carbocycles. The lowest BCUT2D eigenvalue weighted by Gasteiger charge is -2.35. The van der Waals surface area contributed by atoms with E-state index in [9.17, 15) is 24.3 Å². The van der Waals surface area contributed by atoms with Crippen molar-refractivity contribution in [1.82, 2.24) is 24.7 Å². The number of amides is 1. The zero-order chi connectivity index (χ0) is 40.7. The number of hydrogen-bond donors (Lipinski definition) is 2. The van der Waals surface area contributed by atoms with E-state index in [-0.39, 0.29) is 54.5 Å². The zero-order valence-corrected chi connectivity index (χ0v) is 34.9. The fraction of sp³-hybridized carbons (Fsp3) is 0.452. The van der Waals surface area contributed by atoms with Gasteiger partial charge < -0.3 is 34.1 Å². The highest BCUT2D eigenvalue weighted by Crippen LogP contribution is 2.42. The maximum absolute atomic E-state index is 13.9. The minimum Gasteiger partial charge on any atom is -0.508 e. The van der Waals surface area contributed by atoms with Crippen LogP contribution in [0.4, 0.5) is 4.79 Å². The Morgan fingerprint density at radius 3 is 2.44 bits per heavy atom. The number of carbonyl (C=O) groups excluding carboxylic acids is 3. The number of aromatic hydroxyl groups is 1. The van der Waals surface area contributed by atoms with Gasteiger partial charge in [0.1, 0.15) is 19.0 Å². The van der Waals surface area contributed by atoms with Gasteiger partial charge in [-0.3, -0.25) is 14.5 Å². The topological polar surface area (TPSA) is 153 Å². The molecule has 3 aliphatic heterocycles. The van der Waals surface area contributed by atoms with Gasteiger partial charge >= 0.3 is 12.1 Å². The van der Waals surface area contributed by atoms with Crippen LogP contribution in [-0.2, 0) is 50.7 Å². The van der Waals surface area contributed by atoms with E-state index in [1.807, 2.05) is 45.0 Å². The van der Waals surface area contributed by atoms with Crippen LogP contribution in [0.2, 0.25) is 0 Å². The first kappa shape index (κ1) is 42.0. The molecule has 3 aliphatic rings. The maximum Gasteiger partial charge on any atom is 0.509 e. The summed E-state index contributed by atoms with van der Waals surface area (Å²) in [4.78, 5) is 62.6. The average Bonchev–Trinajstić information content (AvgIpc) is 3.59. The summed E-state index contributed by atoms with van der Waals surface area (Å²) in [5.74, 6) is 0.341. The summed E-state index contributed by atoms with van der Waals surface area (Å²) >= 11 is 0. The highest BCUT2D eigenvalue weighted by Gasteiger charge is 2.51. The van der Waals surface area contributed by atoms with Crippen LogP contribution in [-0.4, -0.2) is 100 Å². The summed E-state index contributed by atoms with van der Waals surface area (Å²) in [6.45, 7) is 13.3. The van der Waals surface area contributed by atoms with Crippen molar-refractivity contribution in [3.8, 4) is 17.1 Å². The molecule has 1 saturated heterocycles. The molecule has 0 saturated carbocycles. The number of hydrogen-bond acceptors (Lipinski definition) is 13. The predicted molar refractivity (Wildman–Crippen MR) is 224 cm³/mol. The molecular formula is C42H51N5O8S2. The number of ether oxygens (including phenoxy) is 3. The monoisotopic (exact) mass is 817 g/mol. The molecule has 15 heteroatoms. The van der Waals surface area contributed by atoms with Crippen molar-refractivity contribution in [1.29, 1.82) is 0 Å². The van der Waals surface area contributed by atoms with Crippen molar-refractivity contribution in [3.63, 3.8) is 0 Å². The van der Waals surface area contributed by atoms with Gasteiger partial charge in [0, 0.05) is 72.9 Å². The van der Waals surface area contributed by atoms with Gasteiger partial charge in [0.05, 0.1) is 29.0 Å². The number of likely N-dealkylation sites (N-methyl/N-ethyl adjacent to an activating group) is 1. The van der Waals surface area contributed by atoms with Crippen molar-refractivity contribution < 1.29 is 33.7 Å². The lowest BCUT2D eigenvalue weighted by molar-refractivity contribution is -0.175. The maximum atomic E-state index is 13.9. The number of aromatic nitrogens is 2. The molecule has 0 radical (unpaired) electrons. The van der Waals surface area contributed by atoms with E-state index in [0.29, 0.717) is 46.9 Å². The second-order valence-corrected chi connectivity index (χ2v) is 16.6. The van der Waals surface area contributed by atoms with E-state index < -0.39 is 17.7 Å². The van der Waals surface area contributed by atoms with Crippen molar-refractivity contribution in [2.45, 2.75) is 65.8 Å². The number of benzene rings is 2. The van der Waals surface area contributed by atoms with E-state index in [4.69, 9.17) is 19.2 Å². The van der Waals surface area contributed by atoms with Crippen LogP contribution in [0.1, 0.15) is 72.3 Å². The number of piperazine rings is 1. The Morgan fingerprint density at radius 2 is 1.72 bits per heavy atom. The second-order valence-electron chi connectivity index (χ2n) is 13.9. The minimum absolute atomic E-state index is 0.0192. The molecule has 4 aromatic rings. The van der Waals surface area contributed by atoms with Gasteiger partial charge in [0.2, 0.25) is 5.60 Å². The van der Waals surface area contributed by atoms with Crippen LogP contribution in [0.25, 0.3) is 22.3 Å². The number of phenols is 1.